The van der Waals surface area contributed by atoms with Crippen molar-refractivity contribution in [3.63, 3.8) is 0 Å². The molecule has 0 aliphatic rings. The van der Waals surface area contributed by atoms with Crippen molar-refractivity contribution in [1.82, 2.24) is 5.32 Å². The summed E-state index contributed by atoms with van der Waals surface area (Å²) in [7, 11) is 0. The van der Waals surface area contributed by atoms with Crippen molar-refractivity contribution in [3.8, 4) is 0 Å². The van der Waals surface area contributed by atoms with Gasteiger partial charge in [-0.25, -0.2) is 0 Å². The first kappa shape index (κ1) is 14.6. The van der Waals surface area contributed by atoms with Crippen LogP contribution in [0.1, 0.15) is 17.5 Å². The monoisotopic (exact) mass is 337 g/mol. The summed E-state index contributed by atoms with van der Waals surface area (Å²) in [5.74, 6) is 0. The fourth-order valence-corrected chi connectivity index (χ4v) is 2.39. The van der Waals surface area contributed by atoms with E-state index in [0.29, 0.717) is 0 Å². The maximum absolute atomic E-state index is 6.06. The second-order valence-electron chi connectivity index (χ2n) is 4.51. The molecule has 19 heavy (non-hydrogen) atoms. The molecule has 0 amide bonds. The Balaban J connectivity index is 1.68. The number of nitrogens with one attached hydrogen (secondary N) is 1. The first-order valence-electron chi connectivity index (χ1n) is 6.44. The highest BCUT2D eigenvalue weighted by Crippen LogP contribution is 2.23. The molecule has 0 aliphatic heterocycles. The molecular formula is C16H17BrClN. The Bertz CT molecular complexity index is 513. The largest absolute Gasteiger partial charge is 0.313 e. The molecule has 0 bridgehead atoms. The van der Waals surface area contributed by atoms with E-state index in [9.17, 15) is 0 Å². The lowest BCUT2D eigenvalue weighted by Gasteiger charge is -2.06. The van der Waals surface area contributed by atoms with E-state index >= 15 is 0 Å². The third kappa shape index (κ3) is 4.98. The molecule has 0 saturated carbocycles. The number of hydrogen-bond acceptors (Lipinski definition) is 1. The van der Waals surface area contributed by atoms with E-state index < -0.39 is 0 Å². The molecule has 0 aliphatic carbocycles. The highest BCUT2D eigenvalue weighted by molar-refractivity contribution is 9.10. The molecule has 0 atom stereocenters. The summed E-state index contributed by atoms with van der Waals surface area (Å²) >= 11 is 9.46. The Morgan fingerprint density at radius 2 is 1.79 bits per heavy atom. The van der Waals surface area contributed by atoms with Gasteiger partial charge in [0, 0.05) is 11.0 Å². The van der Waals surface area contributed by atoms with E-state index in [1.807, 2.05) is 12.1 Å². The molecule has 0 spiro atoms. The molecule has 2 aromatic carbocycles. The van der Waals surface area contributed by atoms with Gasteiger partial charge in [-0.05, 0) is 58.6 Å². The first-order valence-corrected chi connectivity index (χ1v) is 7.61. The summed E-state index contributed by atoms with van der Waals surface area (Å²) < 4.78 is 0.946. The van der Waals surface area contributed by atoms with Gasteiger partial charge in [0.25, 0.3) is 0 Å². The van der Waals surface area contributed by atoms with Gasteiger partial charge in [0.2, 0.25) is 0 Å². The molecule has 2 aromatic rings. The number of rotatable bonds is 6. The number of benzene rings is 2. The van der Waals surface area contributed by atoms with Gasteiger partial charge in [-0.15, -0.1) is 0 Å². The molecule has 0 unspecified atom stereocenters. The van der Waals surface area contributed by atoms with E-state index in [1.54, 1.807) is 0 Å². The average molecular weight is 339 g/mol. The van der Waals surface area contributed by atoms with Gasteiger partial charge in [0.05, 0.1) is 5.02 Å². The van der Waals surface area contributed by atoms with Crippen LogP contribution in [0.4, 0.5) is 0 Å². The Labute approximate surface area is 128 Å². The van der Waals surface area contributed by atoms with Crippen LogP contribution < -0.4 is 5.32 Å². The minimum absolute atomic E-state index is 0.767. The lowest BCUT2D eigenvalue weighted by atomic mass is 10.1. The predicted molar refractivity (Wildman–Crippen MR) is 85.6 cm³/mol. The molecule has 2 rings (SSSR count). The molecule has 0 saturated heterocycles. The van der Waals surface area contributed by atoms with Gasteiger partial charge in [0.15, 0.2) is 0 Å². The van der Waals surface area contributed by atoms with Crippen LogP contribution in [0.3, 0.4) is 0 Å². The van der Waals surface area contributed by atoms with Crippen molar-refractivity contribution >= 4 is 27.5 Å². The highest BCUT2D eigenvalue weighted by Gasteiger charge is 1.99. The van der Waals surface area contributed by atoms with E-state index in [-0.39, 0.29) is 0 Å². The summed E-state index contributed by atoms with van der Waals surface area (Å²) in [6.45, 7) is 1.88. The number of aryl methyl sites for hydroxylation is 1. The summed E-state index contributed by atoms with van der Waals surface area (Å²) in [5, 5.41) is 4.21. The van der Waals surface area contributed by atoms with Crippen molar-refractivity contribution in [2.45, 2.75) is 19.4 Å². The quantitative estimate of drug-likeness (QED) is 0.744. The zero-order chi connectivity index (χ0) is 13.5. The Hall–Kier alpha value is -0.830. The average Bonchev–Trinajstić information content (AvgIpc) is 2.43. The van der Waals surface area contributed by atoms with Crippen LogP contribution in [0.5, 0.6) is 0 Å². The fraction of sp³-hybridized carbons (Fsp3) is 0.250. The molecular weight excluding hydrogens is 322 g/mol. The normalized spacial score (nSPS) is 10.6. The Kier molecular flexibility index (Phi) is 5.90. The molecule has 0 heterocycles. The van der Waals surface area contributed by atoms with E-state index in [0.717, 1.165) is 35.4 Å². The van der Waals surface area contributed by atoms with Crippen LogP contribution in [-0.2, 0) is 13.0 Å². The second-order valence-corrected chi connectivity index (χ2v) is 5.78. The standard InChI is InChI=1S/C16H17BrClN/c17-15-9-8-14(11-16(15)18)12-19-10-4-7-13-5-2-1-3-6-13/h1-3,5-6,8-9,11,19H,4,7,10,12H2. The van der Waals surface area contributed by atoms with Crippen molar-refractivity contribution < 1.29 is 0 Å². The number of hydrogen-bond donors (Lipinski definition) is 1. The molecule has 100 valence electrons. The lowest BCUT2D eigenvalue weighted by molar-refractivity contribution is 0.649. The van der Waals surface area contributed by atoms with Crippen LogP contribution in [0.15, 0.2) is 53.0 Å². The van der Waals surface area contributed by atoms with Gasteiger partial charge in [-0.1, -0.05) is 48.0 Å². The van der Waals surface area contributed by atoms with Crippen molar-refractivity contribution in [1.29, 1.82) is 0 Å². The smallest absolute Gasteiger partial charge is 0.0551 e. The maximum atomic E-state index is 6.06. The third-order valence-electron chi connectivity index (χ3n) is 2.97. The van der Waals surface area contributed by atoms with Crippen LogP contribution in [0.25, 0.3) is 0 Å². The van der Waals surface area contributed by atoms with Gasteiger partial charge in [0.1, 0.15) is 0 Å². The van der Waals surface area contributed by atoms with Gasteiger partial charge in [-0.3, -0.25) is 0 Å². The third-order valence-corrected chi connectivity index (χ3v) is 4.21. The first-order chi connectivity index (χ1) is 9.25. The molecule has 1 N–H and O–H groups in total. The molecule has 1 nitrogen and oxygen atoms in total. The summed E-state index contributed by atoms with van der Waals surface area (Å²) in [4.78, 5) is 0. The topological polar surface area (TPSA) is 12.0 Å². The zero-order valence-corrected chi connectivity index (χ0v) is 13.0. The van der Waals surface area contributed by atoms with Crippen molar-refractivity contribution in [2.75, 3.05) is 6.54 Å². The Morgan fingerprint density at radius 1 is 1.00 bits per heavy atom. The van der Waals surface area contributed by atoms with E-state index in [1.165, 1.54) is 11.1 Å². The van der Waals surface area contributed by atoms with Gasteiger partial charge < -0.3 is 5.32 Å². The van der Waals surface area contributed by atoms with E-state index in [2.05, 4.69) is 57.6 Å². The van der Waals surface area contributed by atoms with Crippen molar-refractivity contribution in [3.05, 3.63) is 69.2 Å². The summed E-state index contributed by atoms with van der Waals surface area (Å²) in [5.41, 5.74) is 2.61. The second kappa shape index (κ2) is 7.68. The Morgan fingerprint density at radius 3 is 2.53 bits per heavy atom. The van der Waals surface area contributed by atoms with Crippen LogP contribution >= 0.6 is 27.5 Å². The van der Waals surface area contributed by atoms with Gasteiger partial charge >= 0.3 is 0 Å². The van der Waals surface area contributed by atoms with Crippen LogP contribution in [0.2, 0.25) is 5.02 Å². The molecule has 0 radical (unpaired) electrons. The SMILES string of the molecule is Clc1cc(CNCCCc2ccccc2)ccc1Br. The predicted octanol–water partition coefficient (Wildman–Crippen LogP) is 4.82. The molecule has 0 aromatic heterocycles. The van der Waals surface area contributed by atoms with E-state index in [4.69, 9.17) is 11.6 Å². The lowest BCUT2D eigenvalue weighted by Crippen LogP contribution is -2.15. The highest BCUT2D eigenvalue weighted by atomic mass is 79.9. The molecule has 0 fully saturated rings. The zero-order valence-electron chi connectivity index (χ0n) is 10.7. The molecule has 3 heteroatoms. The fourth-order valence-electron chi connectivity index (χ4n) is 1.94. The summed E-state index contributed by atoms with van der Waals surface area (Å²) in [6.07, 6.45) is 2.27. The summed E-state index contributed by atoms with van der Waals surface area (Å²) in [6, 6.07) is 16.7. The minimum Gasteiger partial charge on any atom is -0.313 e. The maximum Gasteiger partial charge on any atom is 0.0551 e. The number of halogens is 2. The van der Waals surface area contributed by atoms with Gasteiger partial charge in [-0.2, -0.15) is 0 Å². The minimum atomic E-state index is 0.767. The van der Waals surface area contributed by atoms with Crippen LogP contribution in [-0.4, -0.2) is 6.54 Å². The van der Waals surface area contributed by atoms with Crippen molar-refractivity contribution in [2.24, 2.45) is 0 Å². The van der Waals surface area contributed by atoms with Crippen LogP contribution in [0, 0.1) is 0 Å².